The number of sulfonamides is 1. The maximum atomic E-state index is 13.2. The van der Waals surface area contributed by atoms with Gasteiger partial charge in [0.05, 0.1) is 4.90 Å². The van der Waals surface area contributed by atoms with Crippen LogP contribution in [-0.2, 0) is 16.4 Å². The molecule has 1 heterocycles. The van der Waals surface area contributed by atoms with Gasteiger partial charge in [-0.05, 0) is 68.2 Å². The average molecular weight is 483 g/mol. The number of carbonyl (C=O) groups excluding carboxylic acids is 2. The molecule has 1 N–H and O–H groups in total. The number of rotatable bonds is 8. The lowest BCUT2D eigenvalue weighted by atomic mass is 9.88. The van der Waals surface area contributed by atoms with E-state index in [1.807, 2.05) is 31.2 Å². The Morgan fingerprint density at radius 2 is 1.65 bits per heavy atom. The van der Waals surface area contributed by atoms with E-state index in [0.29, 0.717) is 37.4 Å². The van der Waals surface area contributed by atoms with Gasteiger partial charge in [0.1, 0.15) is 0 Å². The predicted molar refractivity (Wildman–Crippen MR) is 132 cm³/mol. The average Bonchev–Trinajstić information content (AvgIpc) is 3.62. The van der Waals surface area contributed by atoms with Crippen molar-refractivity contribution in [3.05, 3.63) is 64.7 Å². The summed E-state index contributed by atoms with van der Waals surface area (Å²) in [5.41, 5.74) is 3.12. The Kier molecular flexibility index (Phi) is 7.24. The Labute approximate surface area is 202 Å². The molecule has 0 unspecified atom stereocenters. The first-order valence-corrected chi connectivity index (χ1v) is 13.7. The van der Waals surface area contributed by atoms with Gasteiger partial charge < -0.3 is 4.90 Å². The molecule has 34 heavy (non-hydrogen) atoms. The molecule has 2 aliphatic rings. The van der Waals surface area contributed by atoms with E-state index < -0.39 is 10.0 Å². The highest BCUT2D eigenvalue weighted by Crippen LogP contribution is 2.26. The van der Waals surface area contributed by atoms with Crippen LogP contribution in [0.2, 0.25) is 0 Å². The van der Waals surface area contributed by atoms with Gasteiger partial charge in [-0.15, -0.1) is 0 Å². The minimum atomic E-state index is -3.63. The Hall–Kier alpha value is -2.51. The number of hydrogen-bond acceptors (Lipinski definition) is 4. The molecular weight excluding hydrogens is 448 g/mol. The van der Waals surface area contributed by atoms with Crippen molar-refractivity contribution in [3.8, 4) is 0 Å². The van der Waals surface area contributed by atoms with E-state index in [2.05, 4.69) is 18.6 Å². The third-order valence-corrected chi connectivity index (χ3v) is 8.20. The molecule has 7 heteroatoms. The van der Waals surface area contributed by atoms with E-state index in [1.54, 1.807) is 17.0 Å². The number of carbonyl (C=O) groups is 2. The van der Waals surface area contributed by atoms with Crippen molar-refractivity contribution in [2.75, 3.05) is 13.1 Å². The third kappa shape index (κ3) is 5.76. The van der Waals surface area contributed by atoms with Gasteiger partial charge in [0.25, 0.3) is 5.91 Å². The summed E-state index contributed by atoms with van der Waals surface area (Å²) in [6.07, 6.45) is 3.92. The van der Waals surface area contributed by atoms with Crippen LogP contribution in [0.15, 0.2) is 47.4 Å². The summed E-state index contributed by atoms with van der Waals surface area (Å²) in [5, 5.41) is 0. The Bertz CT molecular complexity index is 1160. The number of nitrogens with zero attached hydrogens (tertiary/aromatic N) is 1. The standard InChI is InChI=1S/C27H34N2O4S/c1-18(2)16-20-5-7-21(8-6-20)26(30)22-12-14-29(15-13-22)27(31)25-17-24(11-4-19(25)3)34(32,33)28-23-9-10-23/h4-8,11,17-18,22-23,28H,9-10,12-16H2,1-3H3. The summed E-state index contributed by atoms with van der Waals surface area (Å²) >= 11 is 0. The van der Waals surface area contributed by atoms with Crippen LogP contribution in [0.4, 0.5) is 0 Å². The zero-order valence-electron chi connectivity index (χ0n) is 20.2. The van der Waals surface area contributed by atoms with Crippen molar-refractivity contribution >= 4 is 21.7 Å². The first-order valence-electron chi connectivity index (χ1n) is 12.2. The zero-order valence-corrected chi connectivity index (χ0v) is 21.0. The molecule has 1 saturated carbocycles. The third-order valence-electron chi connectivity index (χ3n) is 6.68. The Morgan fingerprint density at radius 1 is 1.00 bits per heavy atom. The van der Waals surface area contributed by atoms with Gasteiger partial charge in [-0.25, -0.2) is 13.1 Å². The molecule has 0 radical (unpaired) electrons. The molecule has 4 rings (SSSR count). The van der Waals surface area contributed by atoms with Crippen LogP contribution in [0.3, 0.4) is 0 Å². The van der Waals surface area contributed by atoms with Crippen molar-refractivity contribution in [2.45, 2.75) is 63.8 Å². The smallest absolute Gasteiger partial charge is 0.254 e. The highest BCUT2D eigenvalue weighted by atomic mass is 32.2. The quantitative estimate of drug-likeness (QED) is 0.567. The van der Waals surface area contributed by atoms with Gasteiger partial charge in [-0.1, -0.05) is 44.2 Å². The van der Waals surface area contributed by atoms with E-state index in [-0.39, 0.29) is 28.5 Å². The molecule has 2 aromatic rings. The summed E-state index contributed by atoms with van der Waals surface area (Å²) < 4.78 is 27.9. The van der Waals surface area contributed by atoms with E-state index >= 15 is 0 Å². The first kappa shape index (κ1) is 24.6. The fourth-order valence-electron chi connectivity index (χ4n) is 4.51. The summed E-state index contributed by atoms with van der Waals surface area (Å²) in [6, 6.07) is 12.6. The molecule has 1 aliphatic heterocycles. The normalized spacial score (nSPS) is 17.2. The molecule has 1 amide bonds. The molecule has 2 fully saturated rings. The van der Waals surface area contributed by atoms with E-state index in [9.17, 15) is 18.0 Å². The van der Waals surface area contributed by atoms with Gasteiger partial charge in [0.15, 0.2) is 5.78 Å². The monoisotopic (exact) mass is 482 g/mol. The van der Waals surface area contributed by atoms with Gasteiger partial charge >= 0.3 is 0 Å². The first-order chi connectivity index (χ1) is 16.1. The number of ketones is 1. The maximum Gasteiger partial charge on any atom is 0.254 e. The highest BCUT2D eigenvalue weighted by Gasteiger charge is 2.31. The van der Waals surface area contributed by atoms with Crippen LogP contribution in [-0.4, -0.2) is 44.1 Å². The van der Waals surface area contributed by atoms with Gasteiger partial charge in [0.2, 0.25) is 10.0 Å². The van der Waals surface area contributed by atoms with Crippen molar-refractivity contribution in [3.63, 3.8) is 0 Å². The number of amides is 1. The number of hydrogen-bond donors (Lipinski definition) is 1. The minimum Gasteiger partial charge on any atom is -0.339 e. The highest BCUT2D eigenvalue weighted by molar-refractivity contribution is 7.89. The molecular formula is C27H34N2O4S. The molecule has 1 aliphatic carbocycles. The maximum absolute atomic E-state index is 13.2. The Morgan fingerprint density at radius 3 is 2.24 bits per heavy atom. The van der Waals surface area contributed by atoms with Crippen molar-refractivity contribution in [1.82, 2.24) is 9.62 Å². The summed E-state index contributed by atoms with van der Waals surface area (Å²) in [7, 11) is -3.63. The molecule has 0 spiro atoms. The fraction of sp³-hybridized carbons (Fsp3) is 0.481. The van der Waals surface area contributed by atoms with Gasteiger partial charge in [-0.2, -0.15) is 0 Å². The van der Waals surface area contributed by atoms with E-state index in [4.69, 9.17) is 0 Å². The van der Waals surface area contributed by atoms with Crippen molar-refractivity contribution in [1.29, 1.82) is 0 Å². The van der Waals surface area contributed by atoms with Crippen molar-refractivity contribution < 1.29 is 18.0 Å². The van der Waals surface area contributed by atoms with Crippen LogP contribution >= 0.6 is 0 Å². The molecule has 182 valence electrons. The minimum absolute atomic E-state index is 0.00780. The number of aryl methyl sites for hydroxylation is 1. The van der Waals surface area contributed by atoms with Crippen LogP contribution in [0.1, 0.15) is 71.4 Å². The lowest BCUT2D eigenvalue weighted by Gasteiger charge is -2.32. The number of piperidine rings is 1. The predicted octanol–water partition coefficient (Wildman–Crippen LogP) is 4.37. The molecule has 2 aromatic carbocycles. The topological polar surface area (TPSA) is 83.6 Å². The zero-order chi connectivity index (χ0) is 24.5. The number of nitrogens with one attached hydrogen (secondary N) is 1. The molecule has 1 saturated heterocycles. The fourth-order valence-corrected chi connectivity index (χ4v) is 5.85. The lowest BCUT2D eigenvalue weighted by molar-refractivity contribution is 0.0649. The second-order valence-corrected chi connectivity index (χ2v) is 11.8. The second kappa shape index (κ2) is 10.0. The SMILES string of the molecule is Cc1ccc(S(=O)(=O)NC2CC2)cc1C(=O)N1CCC(C(=O)c2ccc(CC(C)C)cc2)CC1. The van der Waals surface area contributed by atoms with Crippen molar-refractivity contribution in [2.24, 2.45) is 11.8 Å². The van der Waals surface area contributed by atoms with E-state index in [0.717, 1.165) is 30.4 Å². The molecule has 0 bridgehead atoms. The number of benzene rings is 2. The summed E-state index contributed by atoms with van der Waals surface area (Å²) in [5.74, 6) is 0.432. The number of Topliss-reactive ketones (excluding diaryl/α,β-unsaturated/α-hetero) is 1. The van der Waals surface area contributed by atoms with Crippen LogP contribution in [0.25, 0.3) is 0 Å². The molecule has 0 atom stereocenters. The molecule has 6 nitrogen and oxygen atoms in total. The number of likely N-dealkylation sites (tertiary alicyclic amines) is 1. The van der Waals surface area contributed by atoms with Crippen LogP contribution < -0.4 is 4.72 Å². The Balaban J connectivity index is 1.39. The lowest BCUT2D eigenvalue weighted by Crippen LogP contribution is -2.40. The van der Waals surface area contributed by atoms with Crippen LogP contribution in [0.5, 0.6) is 0 Å². The van der Waals surface area contributed by atoms with Gasteiger partial charge in [-0.3, -0.25) is 9.59 Å². The summed E-state index contributed by atoms with van der Waals surface area (Å²) in [6.45, 7) is 7.14. The van der Waals surface area contributed by atoms with Gasteiger partial charge in [0, 0.05) is 36.2 Å². The largest absolute Gasteiger partial charge is 0.339 e. The van der Waals surface area contributed by atoms with E-state index in [1.165, 1.54) is 11.6 Å². The second-order valence-electron chi connectivity index (χ2n) is 10.1. The van der Waals surface area contributed by atoms with Crippen LogP contribution in [0, 0.1) is 18.8 Å². The summed E-state index contributed by atoms with van der Waals surface area (Å²) in [4.78, 5) is 28.1. The molecule has 0 aromatic heterocycles.